The molecular weight excluding hydrogens is 414 g/mol. The Morgan fingerprint density at radius 2 is 1.71 bits per heavy atom. The van der Waals surface area contributed by atoms with Crippen molar-refractivity contribution >= 4 is 22.0 Å². The lowest BCUT2D eigenvalue weighted by molar-refractivity contribution is 0.131. The van der Waals surface area contributed by atoms with Crippen LogP contribution in [-0.4, -0.2) is 26.7 Å². The van der Waals surface area contributed by atoms with E-state index in [9.17, 15) is 13.2 Å². The minimum absolute atomic E-state index is 0.127. The smallest absolute Gasteiger partial charge is 0.407 e. The zero-order valence-corrected chi connectivity index (χ0v) is 19.0. The Labute approximate surface area is 184 Å². The van der Waals surface area contributed by atoms with Gasteiger partial charge in [-0.05, 0) is 69.2 Å². The first kappa shape index (κ1) is 24.0. The van der Waals surface area contributed by atoms with E-state index < -0.39 is 15.9 Å². The second-order valence-corrected chi connectivity index (χ2v) is 9.56. The zero-order valence-electron chi connectivity index (χ0n) is 18.1. The van der Waals surface area contributed by atoms with E-state index in [-0.39, 0.29) is 23.6 Å². The normalized spacial score (nSPS) is 11.5. The first-order chi connectivity index (χ1) is 14.6. The van der Waals surface area contributed by atoms with E-state index in [1.165, 1.54) is 18.2 Å². The molecule has 0 heterocycles. The Morgan fingerprint density at radius 3 is 2.29 bits per heavy atom. The number of ether oxygens (including phenoxy) is 2. The summed E-state index contributed by atoms with van der Waals surface area (Å²) in [6, 6.07) is 13.3. The van der Waals surface area contributed by atoms with Gasteiger partial charge < -0.3 is 14.8 Å². The molecule has 0 aliphatic heterocycles. The second kappa shape index (κ2) is 10.7. The van der Waals surface area contributed by atoms with Gasteiger partial charge in [-0.2, -0.15) is 0 Å². The molecule has 6 nitrogen and oxygen atoms in total. The van der Waals surface area contributed by atoms with Crippen LogP contribution < -0.4 is 10.1 Å². The number of benzene rings is 2. The molecular formula is C24H27NO5S. The largest absolute Gasteiger partial charge is 0.481 e. The predicted octanol–water partition coefficient (Wildman–Crippen LogP) is 4.56. The van der Waals surface area contributed by atoms with E-state index in [1.54, 1.807) is 43.3 Å². The third-order valence-corrected chi connectivity index (χ3v) is 5.33. The average molecular weight is 442 g/mol. The molecule has 0 spiro atoms. The number of alkyl carbamates (subject to hydrolysis) is 1. The number of rotatable bonds is 7. The Morgan fingerprint density at radius 1 is 1.06 bits per heavy atom. The molecule has 1 amide bonds. The van der Waals surface area contributed by atoms with Crippen LogP contribution in [0.1, 0.15) is 38.8 Å². The van der Waals surface area contributed by atoms with E-state index in [0.717, 1.165) is 11.0 Å². The molecule has 0 atom stereocenters. The Kier molecular flexibility index (Phi) is 8.29. The van der Waals surface area contributed by atoms with Crippen molar-refractivity contribution in [2.75, 3.05) is 6.61 Å². The quantitative estimate of drug-likeness (QED) is 0.637. The first-order valence-electron chi connectivity index (χ1n) is 9.68. The summed E-state index contributed by atoms with van der Waals surface area (Å²) >= 11 is 0. The monoisotopic (exact) mass is 441 g/mol. The SMILES string of the molecule is CC#CCOc1ccc(S(=O)(=O)/C=C/c2ccc(COC(=O)NC(C)(C)C)cc2)cc1. The van der Waals surface area contributed by atoms with Crippen LogP contribution in [0.2, 0.25) is 0 Å². The van der Waals surface area contributed by atoms with Gasteiger partial charge in [0.1, 0.15) is 19.0 Å². The van der Waals surface area contributed by atoms with E-state index in [0.29, 0.717) is 11.3 Å². The van der Waals surface area contributed by atoms with Gasteiger partial charge in [0.25, 0.3) is 0 Å². The van der Waals surface area contributed by atoms with Gasteiger partial charge in [0, 0.05) is 10.9 Å². The van der Waals surface area contributed by atoms with Gasteiger partial charge in [0.15, 0.2) is 9.84 Å². The molecule has 0 radical (unpaired) electrons. The molecule has 0 saturated heterocycles. The maximum atomic E-state index is 12.5. The highest BCUT2D eigenvalue weighted by Crippen LogP contribution is 2.19. The fourth-order valence-electron chi connectivity index (χ4n) is 2.38. The Bertz CT molecular complexity index is 1070. The lowest BCUT2D eigenvalue weighted by atomic mass is 10.1. The molecule has 0 saturated carbocycles. The van der Waals surface area contributed by atoms with Gasteiger partial charge >= 0.3 is 6.09 Å². The van der Waals surface area contributed by atoms with Gasteiger partial charge in [-0.3, -0.25) is 0 Å². The number of hydrogen-bond donors (Lipinski definition) is 1. The lowest BCUT2D eigenvalue weighted by Gasteiger charge is -2.19. The summed E-state index contributed by atoms with van der Waals surface area (Å²) in [4.78, 5) is 11.9. The molecule has 0 aliphatic carbocycles. The highest BCUT2D eigenvalue weighted by Gasteiger charge is 2.14. The van der Waals surface area contributed by atoms with Crippen LogP contribution in [0.15, 0.2) is 58.8 Å². The van der Waals surface area contributed by atoms with E-state index in [4.69, 9.17) is 9.47 Å². The second-order valence-electron chi connectivity index (χ2n) is 7.73. The zero-order chi connectivity index (χ0) is 22.9. The molecule has 7 heteroatoms. The molecule has 164 valence electrons. The van der Waals surface area contributed by atoms with Gasteiger partial charge in [0.05, 0.1) is 4.90 Å². The summed E-state index contributed by atoms with van der Waals surface area (Å²) in [5, 5.41) is 3.88. The molecule has 2 rings (SSSR count). The summed E-state index contributed by atoms with van der Waals surface area (Å²) in [5.74, 6) is 6.06. The fraction of sp³-hybridized carbons (Fsp3) is 0.292. The predicted molar refractivity (Wildman–Crippen MR) is 121 cm³/mol. The van der Waals surface area contributed by atoms with Crippen LogP contribution >= 0.6 is 0 Å². The number of nitrogens with one attached hydrogen (secondary N) is 1. The highest BCUT2D eigenvalue weighted by atomic mass is 32.2. The number of amides is 1. The van der Waals surface area contributed by atoms with Gasteiger partial charge in [-0.15, -0.1) is 5.92 Å². The van der Waals surface area contributed by atoms with Crippen molar-refractivity contribution in [1.29, 1.82) is 0 Å². The first-order valence-corrected chi connectivity index (χ1v) is 11.2. The van der Waals surface area contributed by atoms with E-state index in [1.807, 2.05) is 20.8 Å². The molecule has 1 N–H and O–H groups in total. The van der Waals surface area contributed by atoms with Crippen molar-refractivity contribution in [3.8, 4) is 17.6 Å². The molecule has 2 aromatic rings. The van der Waals surface area contributed by atoms with Crippen LogP contribution in [0, 0.1) is 11.8 Å². The molecule has 0 unspecified atom stereocenters. The number of carbonyl (C=O) groups excluding carboxylic acids is 1. The number of sulfone groups is 1. The summed E-state index contributed by atoms with van der Waals surface area (Å²) in [7, 11) is -3.59. The van der Waals surface area contributed by atoms with Gasteiger partial charge in [-0.25, -0.2) is 13.2 Å². The minimum atomic E-state index is -3.59. The summed E-state index contributed by atoms with van der Waals surface area (Å²) in [6.07, 6.45) is 1.03. The van der Waals surface area contributed by atoms with Crippen LogP contribution in [0.3, 0.4) is 0 Å². The number of hydrogen-bond acceptors (Lipinski definition) is 5. The molecule has 0 aromatic heterocycles. The Hall–Kier alpha value is -3.24. The molecule has 2 aromatic carbocycles. The molecule has 0 aliphatic rings. The van der Waals surface area contributed by atoms with E-state index in [2.05, 4.69) is 17.2 Å². The van der Waals surface area contributed by atoms with Gasteiger partial charge in [0.2, 0.25) is 0 Å². The van der Waals surface area contributed by atoms with Crippen LogP contribution in [-0.2, 0) is 21.2 Å². The van der Waals surface area contributed by atoms with Crippen LogP contribution in [0.5, 0.6) is 5.75 Å². The van der Waals surface area contributed by atoms with Crippen LogP contribution in [0.4, 0.5) is 4.79 Å². The van der Waals surface area contributed by atoms with Crippen molar-refractivity contribution in [2.45, 2.75) is 44.7 Å². The summed E-state index contributed by atoms with van der Waals surface area (Å²) in [6.45, 7) is 7.71. The van der Waals surface area contributed by atoms with Crippen LogP contribution in [0.25, 0.3) is 6.08 Å². The van der Waals surface area contributed by atoms with E-state index >= 15 is 0 Å². The topological polar surface area (TPSA) is 81.7 Å². The standard InChI is InChI=1S/C24H27NO5S/c1-5-6-16-29-21-11-13-22(14-12-21)31(27,28)17-15-19-7-9-20(10-8-19)18-30-23(26)25-24(2,3)4/h7-15,17H,16,18H2,1-4H3,(H,25,26)/b17-15+. The van der Waals surface area contributed by atoms with Gasteiger partial charge in [-0.1, -0.05) is 30.2 Å². The van der Waals surface area contributed by atoms with Crippen molar-refractivity contribution in [1.82, 2.24) is 5.32 Å². The molecule has 0 bridgehead atoms. The minimum Gasteiger partial charge on any atom is -0.481 e. The number of carbonyl (C=O) groups is 1. The maximum Gasteiger partial charge on any atom is 0.407 e. The fourth-order valence-corrected chi connectivity index (χ4v) is 3.39. The van der Waals surface area contributed by atoms with Crippen molar-refractivity contribution in [3.63, 3.8) is 0 Å². The van der Waals surface area contributed by atoms with Crippen molar-refractivity contribution in [2.24, 2.45) is 0 Å². The molecule has 31 heavy (non-hydrogen) atoms. The Balaban J connectivity index is 1.96. The third-order valence-electron chi connectivity index (χ3n) is 3.91. The lowest BCUT2D eigenvalue weighted by Crippen LogP contribution is -2.40. The average Bonchev–Trinajstić information content (AvgIpc) is 2.71. The summed E-state index contributed by atoms with van der Waals surface area (Å²) < 4.78 is 35.6. The maximum absolute atomic E-state index is 12.5. The highest BCUT2D eigenvalue weighted by molar-refractivity contribution is 7.94. The van der Waals surface area contributed by atoms with Crippen molar-refractivity contribution < 1.29 is 22.7 Å². The third kappa shape index (κ3) is 8.57. The van der Waals surface area contributed by atoms with Crippen molar-refractivity contribution in [3.05, 3.63) is 65.1 Å². The molecule has 0 fully saturated rings. The summed E-state index contributed by atoms with van der Waals surface area (Å²) in [5.41, 5.74) is 1.14.